The molecule has 1 amide bonds. The highest BCUT2D eigenvalue weighted by Crippen LogP contribution is 2.23. The number of rotatable bonds is 6. The van der Waals surface area contributed by atoms with Crippen LogP contribution in [0.25, 0.3) is 5.78 Å². The molecule has 3 aromatic rings. The molecule has 0 radical (unpaired) electrons. The molecule has 8 heteroatoms. The van der Waals surface area contributed by atoms with E-state index in [1.165, 1.54) is 0 Å². The van der Waals surface area contributed by atoms with Crippen LogP contribution in [0.5, 0.6) is 5.75 Å². The molecular weight excluding hydrogens is 332 g/mol. The summed E-state index contributed by atoms with van der Waals surface area (Å²) in [6, 6.07) is 7.33. The number of carbonyl (C=O) groups excluding carboxylic acids is 1. The van der Waals surface area contributed by atoms with Crippen LogP contribution >= 0.6 is 0 Å². The Morgan fingerprint density at radius 2 is 2.04 bits per heavy atom. The van der Waals surface area contributed by atoms with Gasteiger partial charge in [0.15, 0.2) is 5.82 Å². The molecule has 1 aromatic carbocycles. The summed E-state index contributed by atoms with van der Waals surface area (Å²) in [6.45, 7) is 4.12. The molecule has 136 valence electrons. The highest BCUT2D eigenvalue weighted by molar-refractivity contribution is 5.92. The summed E-state index contributed by atoms with van der Waals surface area (Å²) in [6.07, 6.45) is 0.880. The zero-order valence-electron chi connectivity index (χ0n) is 15.1. The van der Waals surface area contributed by atoms with Crippen molar-refractivity contribution >= 4 is 17.4 Å². The molecule has 3 rings (SSSR count). The van der Waals surface area contributed by atoms with Crippen molar-refractivity contribution in [3.63, 3.8) is 0 Å². The molecule has 0 atom stereocenters. The van der Waals surface area contributed by atoms with E-state index in [-0.39, 0.29) is 12.5 Å². The molecule has 26 heavy (non-hydrogen) atoms. The lowest BCUT2D eigenvalue weighted by molar-refractivity contribution is -0.116. The van der Waals surface area contributed by atoms with Crippen molar-refractivity contribution in [3.05, 3.63) is 47.0 Å². The van der Waals surface area contributed by atoms with E-state index in [0.29, 0.717) is 35.9 Å². The fourth-order valence-corrected chi connectivity index (χ4v) is 2.90. The summed E-state index contributed by atoms with van der Waals surface area (Å²) in [4.78, 5) is 21.1. The normalized spacial score (nSPS) is 10.9. The second-order valence-electron chi connectivity index (χ2n) is 5.95. The minimum absolute atomic E-state index is 0.0883. The summed E-state index contributed by atoms with van der Waals surface area (Å²) in [5.41, 5.74) is 9.02. The van der Waals surface area contributed by atoms with E-state index in [9.17, 15) is 4.79 Å². The van der Waals surface area contributed by atoms with Gasteiger partial charge >= 0.3 is 0 Å². The number of ether oxygens (including phenoxy) is 1. The first kappa shape index (κ1) is 17.8. The predicted octanol–water partition coefficient (Wildman–Crippen LogP) is 1.78. The fourth-order valence-electron chi connectivity index (χ4n) is 2.90. The Morgan fingerprint density at radius 3 is 2.77 bits per heavy atom. The third-order valence-corrected chi connectivity index (χ3v) is 4.26. The Morgan fingerprint density at radius 1 is 1.27 bits per heavy atom. The second kappa shape index (κ2) is 7.49. The van der Waals surface area contributed by atoms with Gasteiger partial charge in [0, 0.05) is 17.8 Å². The summed E-state index contributed by atoms with van der Waals surface area (Å²) in [5, 5.41) is 7.24. The molecule has 2 aromatic heterocycles. The highest BCUT2D eigenvalue weighted by Gasteiger charge is 2.15. The first-order valence-corrected chi connectivity index (χ1v) is 8.38. The van der Waals surface area contributed by atoms with Crippen LogP contribution in [0.4, 0.5) is 5.69 Å². The number of aromatic nitrogens is 4. The first-order chi connectivity index (χ1) is 12.5. The first-order valence-electron chi connectivity index (χ1n) is 8.38. The van der Waals surface area contributed by atoms with Gasteiger partial charge < -0.3 is 15.8 Å². The van der Waals surface area contributed by atoms with Crippen LogP contribution in [0.1, 0.15) is 29.2 Å². The summed E-state index contributed by atoms with van der Waals surface area (Å²) >= 11 is 0. The number of nitrogens with two attached hydrogens (primary N) is 1. The molecule has 0 aliphatic carbocycles. The SMILES string of the molecule is COc1ccccc1NC(=O)CCc1c(C)nc2nc(CN)nn2c1C. The van der Waals surface area contributed by atoms with Crippen molar-refractivity contribution in [1.29, 1.82) is 0 Å². The van der Waals surface area contributed by atoms with E-state index in [1.807, 2.05) is 38.1 Å². The number of nitrogens with one attached hydrogen (secondary N) is 1. The zero-order chi connectivity index (χ0) is 18.7. The van der Waals surface area contributed by atoms with Gasteiger partial charge in [-0.1, -0.05) is 12.1 Å². The van der Waals surface area contributed by atoms with Gasteiger partial charge in [-0.2, -0.15) is 4.98 Å². The van der Waals surface area contributed by atoms with Gasteiger partial charge in [0.1, 0.15) is 5.75 Å². The van der Waals surface area contributed by atoms with Crippen LogP contribution in [0.2, 0.25) is 0 Å². The Bertz CT molecular complexity index is 950. The van der Waals surface area contributed by atoms with Crippen molar-refractivity contribution < 1.29 is 9.53 Å². The number of methoxy groups -OCH3 is 1. The fraction of sp³-hybridized carbons (Fsp3) is 0.333. The molecule has 0 aliphatic rings. The van der Waals surface area contributed by atoms with Gasteiger partial charge in [-0.05, 0) is 38.0 Å². The van der Waals surface area contributed by atoms with Crippen molar-refractivity contribution in [2.24, 2.45) is 5.73 Å². The molecule has 0 fully saturated rings. The molecule has 8 nitrogen and oxygen atoms in total. The van der Waals surface area contributed by atoms with E-state index in [0.717, 1.165) is 17.0 Å². The van der Waals surface area contributed by atoms with E-state index in [4.69, 9.17) is 10.5 Å². The molecule has 0 saturated heterocycles. The lowest BCUT2D eigenvalue weighted by Crippen LogP contribution is -2.15. The van der Waals surface area contributed by atoms with Crippen LogP contribution in [-0.2, 0) is 17.8 Å². The molecule has 3 N–H and O–H groups in total. The molecule has 0 bridgehead atoms. The topological polar surface area (TPSA) is 107 Å². The standard InChI is InChI=1S/C18H22N6O2/c1-11-13(12(2)24-18(20-11)22-16(10-19)23-24)8-9-17(25)21-14-6-4-5-7-15(14)26-3/h4-7H,8-10,19H2,1-3H3,(H,21,25). The van der Waals surface area contributed by atoms with Gasteiger partial charge in [-0.15, -0.1) is 5.10 Å². The van der Waals surface area contributed by atoms with Crippen molar-refractivity contribution in [1.82, 2.24) is 19.6 Å². The number of benzene rings is 1. The molecule has 2 heterocycles. The molecule has 0 saturated carbocycles. The Kier molecular flexibility index (Phi) is 5.13. The maximum atomic E-state index is 12.4. The summed E-state index contributed by atoms with van der Waals surface area (Å²) in [7, 11) is 1.58. The van der Waals surface area contributed by atoms with Crippen LogP contribution in [0, 0.1) is 13.8 Å². The number of para-hydroxylation sites is 2. The van der Waals surface area contributed by atoms with Crippen molar-refractivity contribution in [2.75, 3.05) is 12.4 Å². The lowest BCUT2D eigenvalue weighted by Gasteiger charge is -2.12. The number of amides is 1. The number of hydrogen-bond acceptors (Lipinski definition) is 6. The smallest absolute Gasteiger partial charge is 0.252 e. The van der Waals surface area contributed by atoms with E-state index >= 15 is 0 Å². The van der Waals surface area contributed by atoms with Gasteiger partial charge in [-0.3, -0.25) is 4.79 Å². The number of fused-ring (bicyclic) bond motifs is 1. The van der Waals surface area contributed by atoms with Crippen LogP contribution in [-0.4, -0.2) is 32.6 Å². The van der Waals surface area contributed by atoms with Crippen molar-refractivity contribution in [3.8, 4) is 5.75 Å². The maximum absolute atomic E-state index is 12.4. The second-order valence-corrected chi connectivity index (χ2v) is 5.95. The van der Waals surface area contributed by atoms with Crippen LogP contribution in [0.15, 0.2) is 24.3 Å². The van der Waals surface area contributed by atoms with E-state index < -0.39 is 0 Å². The Hall–Kier alpha value is -3.00. The van der Waals surface area contributed by atoms with E-state index in [2.05, 4.69) is 20.4 Å². The number of aryl methyl sites for hydroxylation is 2. The predicted molar refractivity (Wildman–Crippen MR) is 98.1 cm³/mol. The third-order valence-electron chi connectivity index (χ3n) is 4.26. The summed E-state index contributed by atoms with van der Waals surface area (Å²) in [5.74, 6) is 1.62. The molecule has 0 unspecified atom stereocenters. The largest absolute Gasteiger partial charge is 0.495 e. The summed E-state index contributed by atoms with van der Waals surface area (Å²) < 4.78 is 6.94. The quantitative estimate of drug-likeness (QED) is 0.699. The van der Waals surface area contributed by atoms with E-state index in [1.54, 1.807) is 11.6 Å². The van der Waals surface area contributed by atoms with Gasteiger partial charge in [0.05, 0.1) is 19.3 Å². The average Bonchev–Trinajstić information content (AvgIpc) is 3.05. The minimum atomic E-state index is -0.0883. The van der Waals surface area contributed by atoms with Crippen molar-refractivity contribution in [2.45, 2.75) is 33.2 Å². The van der Waals surface area contributed by atoms with Gasteiger partial charge in [0.2, 0.25) is 5.91 Å². The monoisotopic (exact) mass is 354 g/mol. The number of anilines is 1. The zero-order valence-corrected chi connectivity index (χ0v) is 15.1. The Balaban J connectivity index is 1.75. The third kappa shape index (κ3) is 3.50. The molecule has 0 aliphatic heterocycles. The highest BCUT2D eigenvalue weighted by atomic mass is 16.5. The lowest BCUT2D eigenvalue weighted by atomic mass is 10.1. The molecular formula is C18H22N6O2. The number of nitrogens with zero attached hydrogens (tertiary/aromatic N) is 4. The van der Waals surface area contributed by atoms with Crippen LogP contribution < -0.4 is 15.8 Å². The van der Waals surface area contributed by atoms with Gasteiger partial charge in [-0.25, -0.2) is 9.50 Å². The van der Waals surface area contributed by atoms with Gasteiger partial charge in [0.25, 0.3) is 5.78 Å². The minimum Gasteiger partial charge on any atom is -0.495 e. The number of carbonyl (C=O) groups is 1. The number of hydrogen-bond donors (Lipinski definition) is 2. The molecule has 0 spiro atoms. The Labute approximate surface area is 151 Å². The maximum Gasteiger partial charge on any atom is 0.252 e. The average molecular weight is 354 g/mol. The van der Waals surface area contributed by atoms with Crippen LogP contribution in [0.3, 0.4) is 0 Å².